The zero-order chi connectivity index (χ0) is 17.3. The number of anilines is 1. The molecule has 0 saturated heterocycles. The molecule has 24 heavy (non-hydrogen) atoms. The summed E-state index contributed by atoms with van der Waals surface area (Å²) in [6.07, 6.45) is 3.55. The van der Waals surface area contributed by atoms with E-state index in [4.69, 9.17) is 23.2 Å². The maximum absolute atomic E-state index is 12.6. The predicted molar refractivity (Wildman–Crippen MR) is 98.3 cm³/mol. The molecular weight excluding hydrogens is 345 g/mol. The first-order chi connectivity index (χ1) is 11.5. The van der Waals surface area contributed by atoms with Crippen molar-refractivity contribution < 1.29 is 9.36 Å². The second kappa shape index (κ2) is 6.67. The number of amides is 1. The van der Waals surface area contributed by atoms with Gasteiger partial charge in [-0.3, -0.25) is 4.79 Å². The fourth-order valence-corrected chi connectivity index (χ4v) is 2.91. The third kappa shape index (κ3) is 3.03. The summed E-state index contributed by atoms with van der Waals surface area (Å²) in [5.41, 5.74) is 2.42. The standard InChI is InChI=1S/C18H15Cl2N3O/c1-3-22-11-23(17-7-5-4-6-16(17)22)12(2)18(24)21-15-10-13(19)8-9-14(15)20/h3-12H,1H2,2H3/p+1/t12-/m0/s1. The highest BCUT2D eigenvalue weighted by Crippen LogP contribution is 2.26. The Kier molecular flexibility index (Phi) is 4.60. The minimum absolute atomic E-state index is 0.184. The summed E-state index contributed by atoms with van der Waals surface area (Å²) in [6, 6.07) is 12.3. The Morgan fingerprint density at radius 2 is 2.04 bits per heavy atom. The maximum atomic E-state index is 12.6. The predicted octanol–water partition coefficient (Wildman–Crippen LogP) is 4.54. The number of benzene rings is 2. The van der Waals surface area contributed by atoms with Crippen LogP contribution in [0.25, 0.3) is 17.2 Å². The topological polar surface area (TPSA) is 37.9 Å². The van der Waals surface area contributed by atoms with E-state index in [9.17, 15) is 4.79 Å². The van der Waals surface area contributed by atoms with Crippen molar-refractivity contribution in [2.45, 2.75) is 13.0 Å². The van der Waals surface area contributed by atoms with Crippen LogP contribution in [-0.2, 0) is 4.79 Å². The van der Waals surface area contributed by atoms with E-state index in [0.29, 0.717) is 15.7 Å². The Balaban J connectivity index is 1.94. The molecule has 1 amide bonds. The first-order valence-electron chi connectivity index (χ1n) is 7.40. The van der Waals surface area contributed by atoms with Crippen LogP contribution in [0.2, 0.25) is 10.0 Å². The monoisotopic (exact) mass is 360 g/mol. The summed E-state index contributed by atoms with van der Waals surface area (Å²) in [4.78, 5) is 12.6. The number of carbonyl (C=O) groups excluding carboxylic acids is 1. The van der Waals surface area contributed by atoms with Crippen LogP contribution in [0.15, 0.2) is 55.4 Å². The first kappa shape index (κ1) is 16.6. The summed E-state index contributed by atoms with van der Waals surface area (Å²) >= 11 is 12.1. The molecule has 1 N–H and O–H groups in total. The summed E-state index contributed by atoms with van der Waals surface area (Å²) in [5, 5.41) is 3.79. The SMILES string of the molecule is C=Cn1c[n+]([C@@H](C)C(=O)Nc2cc(Cl)ccc2Cl)c2ccccc21. The number of nitrogens with one attached hydrogen (secondary N) is 1. The van der Waals surface area contributed by atoms with E-state index in [1.54, 1.807) is 24.4 Å². The Bertz CT molecular complexity index is 933. The van der Waals surface area contributed by atoms with Crippen LogP contribution in [0.1, 0.15) is 13.0 Å². The highest BCUT2D eigenvalue weighted by atomic mass is 35.5. The number of hydrogen-bond acceptors (Lipinski definition) is 1. The molecule has 0 radical (unpaired) electrons. The van der Waals surface area contributed by atoms with Gasteiger partial charge in [0.15, 0.2) is 17.1 Å². The number of aromatic nitrogens is 2. The minimum Gasteiger partial charge on any atom is -0.321 e. The van der Waals surface area contributed by atoms with Gasteiger partial charge in [0.1, 0.15) is 0 Å². The normalized spacial score (nSPS) is 12.1. The first-order valence-corrected chi connectivity index (χ1v) is 8.16. The average molecular weight is 361 g/mol. The molecule has 0 aliphatic carbocycles. The molecule has 0 spiro atoms. The van der Waals surface area contributed by atoms with Crippen molar-refractivity contribution in [3.05, 3.63) is 65.4 Å². The lowest BCUT2D eigenvalue weighted by molar-refractivity contribution is -0.680. The third-order valence-corrected chi connectivity index (χ3v) is 4.43. The molecule has 0 fully saturated rings. The second-order valence-corrected chi connectivity index (χ2v) is 6.23. The van der Waals surface area contributed by atoms with Gasteiger partial charge in [-0.05, 0) is 37.3 Å². The van der Waals surface area contributed by atoms with Crippen molar-refractivity contribution in [3.8, 4) is 0 Å². The molecular formula is C18H16Cl2N3O+. The van der Waals surface area contributed by atoms with Crippen LogP contribution in [0.3, 0.4) is 0 Å². The lowest BCUT2D eigenvalue weighted by Crippen LogP contribution is -2.43. The molecule has 1 aromatic heterocycles. The van der Waals surface area contributed by atoms with Crippen LogP contribution >= 0.6 is 23.2 Å². The van der Waals surface area contributed by atoms with Gasteiger partial charge >= 0.3 is 0 Å². The Labute approximate surface area is 149 Å². The number of fused-ring (bicyclic) bond motifs is 1. The number of carbonyl (C=O) groups is 1. The van der Waals surface area contributed by atoms with Gasteiger partial charge in [0.05, 0.1) is 16.9 Å². The smallest absolute Gasteiger partial charge is 0.269 e. The third-order valence-electron chi connectivity index (χ3n) is 3.87. The molecule has 0 bridgehead atoms. The van der Waals surface area contributed by atoms with Crippen molar-refractivity contribution in [1.29, 1.82) is 0 Å². The van der Waals surface area contributed by atoms with E-state index in [2.05, 4.69) is 11.9 Å². The van der Waals surface area contributed by atoms with Gasteiger partial charge in [-0.15, -0.1) is 0 Å². The van der Waals surface area contributed by atoms with E-state index >= 15 is 0 Å². The van der Waals surface area contributed by atoms with Crippen molar-refractivity contribution in [2.75, 3.05) is 5.32 Å². The molecule has 2 aromatic carbocycles. The number of nitrogens with zero attached hydrogens (tertiary/aromatic N) is 2. The van der Waals surface area contributed by atoms with Gasteiger partial charge < -0.3 is 5.32 Å². The fraction of sp³-hybridized carbons (Fsp3) is 0.111. The van der Waals surface area contributed by atoms with Crippen LogP contribution in [0.4, 0.5) is 5.69 Å². The van der Waals surface area contributed by atoms with E-state index in [1.165, 1.54) is 0 Å². The molecule has 6 heteroatoms. The molecule has 0 aliphatic heterocycles. The van der Waals surface area contributed by atoms with Gasteiger partial charge in [0.2, 0.25) is 6.33 Å². The van der Waals surface area contributed by atoms with E-state index < -0.39 is 6.04 Å². The highest BCUT2D eigenvalue weighted by molar-refractivity contribution is 6.35. The van der Waals surface area contributed by atoms with E-state index in [0.717, 1.165) is 11.0 Å². The molecule has 3 aromatic rings. The summed E-state index contributed by atoms with van der Waals surface area (Å²) in [7, 11) is 0. The van der Waals surface area contributed by atoms with Crippen molar-refractivity contribution >= 4 is 52.0 Å². The zero-order valence-corrected chi connectivity index (χ0v) is 14.6. The molecule has 3 rings (SSSR count). The number of imidazole rings is 1. The number of halogens is 2. The summed E-state index contributed by atoms with van der Waals surface area (Å²) < 4.78 is 3.77. The van der Waals surface area contributed by atoms with Crippen molar-refractivity contribution in [1.82, 2.24) is 4.57 Å². The maximum Gasteiger partial charge on any atom is 0.269 e. The van der Waals surface area contributed by atoms with E-state index in [1.807, 2.05) is 46.7 Å². The average Bonchev–Trinajstić information content (AvgIpc) is 2.96. The Morgan fingerprint density at radius 3 is 2.79 bits per heavy atom. The van der Waals surface area contributed by atoms with Gasteiger partial charge in [-0.2, -0.15) is 0 Å². The van der Waals surface area contributed by atoms with Gasteiger partial charge in [-0.1, -0.05) is 41.9 Å². The van der Waals surface area contributed by atoms with Crippen LogP contribution in [0.5, 0.6) is 0 Å². The van der Waals surface area contributed by atoms with Crippen LogP contribution in [-0.4, -0.2) is 10.5 Å². The highest BCUT2D eigenvalue weighted by Gasteiger charge is 2.25. The summed E-state index contributed by atoms with van der Waals surface area (Å²) in [5.74, 6) is -0.184. The Hall–Kier alpha value is -2.30. The molecule has 0 saturated carbocycles. The quantitative estimate of drug-likeness (QED) is 0.681. The zero-order valence-electron chi connectivity index (χ0n) is 13.0. The molecule has 122 valence electrons. The fourth-order valence-electron chi connectivity index (χ4n) is 2.57. The Morgan fingerprint density at radius 1 is 1.29 bits per heavy atom. The van der Waals surface area contributed by atoms with Crippen LogP contribution < -0.4 is 9.88 Å². The molecule has 4 nitrogen and oxygen atoms in total. The summed E-state index contributed by atoms with van der Waals surface area (Å²) in [6.45, 7) is 5.63. The van der Waals surface area contributed by atoms with Gasteiger partial charge in [0.25, 0.3) is 5.91 Å². The van der Waals surface area contributed by atoms with Crippen LogP contribution in [0, 0.1) is 0 Å². The molecule has 0 aliphatic rings. The lowest BCUT2D eigenvalue weighted by atomic mass is 10.2. The minimum atomic E-state index is -0.439. The molecule has 1 atom stereocenters. The van der Waals surface area contributed by atoms with Gasteiger partial charge in [-0.25, -0.2) is 9.13 Å². The van der Waals surface area contributed by atoms with E-state index in [-0.39, 0.29) is 5.91 Å². The number of hydrogen-bond donors (Lipinski definition) is 1. The largest absolute Gasteiger partial charge is 0.321 e. The molecule has 1 heterocycles. The number of rotatable bonds is 4. The lowest BCUT2D eigenvalue weighted by Gasteiger charge is -2.11. The van der Waals surface area contributed by atoms with Crippen molar-refractivity contribution in [2.24, 2.45) is 0 Å². The second-order valence-electron chi connectivity index (χ2n) is 5.39. The number of para-hydroxylation sites is 2. The van der Waals surface area contributed by atoms with Gasteiger partial charge in [0, 0.05) is 5.02 Å². The molecule has 0 unspecified atom stereocenters. The van der Waals surface area contributed by atoms with Crippen molar-refractivity contribution in [3.63, 3.8) is 0 Å².